The summed E-state index contributed by atoms with van der Waals surface area (Å²) in [6.07, 6.45) is 4.68. The van der Waals surface area contributed by atoms with Crippen LogP contribution in [0.15, 0.2) is 48.5 Å². The zero-order valence-electron chi connectivity index (χ0n) is 14.4. The lowest BCUT2D eigenvalue weighted by molar-refractivity contribution is 0.661. The molecule has 2 heterocycles. The van der Waals surface area contributed by atoms with Crippen LogP contribution in [0.4, 0.5) is 5.69 Å². The molecular formula is C21H24N4. The maximum absolute atomic E-state index is 5.57. The number of hydrogen-bond acceptors (Lipinski definition) is 3. The molecule has 0 atom stereocenters. The van der Waals surface area contributed by atoms with Gasteiger partial charge in [0.05, 0.1) is 22.2 Å². The summed E-state index contributed by atoms with van der Waals surface area (Å²) in [5.41, 5.74) is 11.0. The molecule has 25 heavy (non-hydrogen) atoms. The van der Waals surface area contributed by atoms with Gasteiger partial charge in [-0.15, -0.1) is 0 Å². The number of benzene rings is 2. The SMILES string of the molecule is NCCCCCCNc1c2ccccc2nc2c1[nH]c1ccccc12. The fourth-order valence-corrected chi connectivity index (χ4v) is 3.48. The number of unbranched alkanes of at least 4 members (excludes halogenated alkanes) is 3. The number of aromatic nitrogens is 2. The molecule has 0 spiro atoms. The first-order chi connectivity index (χ1) is 12.4. The summed E-state index contributed by atoms with van der Waals surface area (Å²) in [6, 6.07) is 16.7. The molecule has 0 aliphatic carbocycles. The maximum atomic E-state index is 5.57. The lowest BCUT2D eigenvalue weighted by Gasteiger charge is -2.11. The third-order valence-corrected chi connectivity index (χ3v) is 4.77. The van der Waals surface area contributed by atoms with E-state index in [1.54, 1.807) is 0 Å². The number of aromatic amines is 1. The number of para-hydroxylation sites is 2. The van der Waals surface area contributed by atoms with Gasteiger partial charge in [-0.3, -0.25) is 0 Å². The molecule has 0 aliphatic rings. The molecule has 4 heteroatoms. The topological polar surface area (TPSA) is 66.7 Å². The van der Waals surface area contributed by atoms with Crippen LogP contribution in [0.1, 0.15) is 25.7 Å². The van der Waals surface area contributed by atoms with Gasteiger partial charge < -0.3 is 16.0 Å². The summed E-state index contributed by atoms with van der Waals surface area (Å²) < 4.78 is 0. The van der Waals surface area contributed by atoms with E-state index in [2.05, 4.69) is 52.8 Å². The number of pyridine rings is 1. The van der Waals surface area contributed by atoms with Crippen LogP contribution < -0.4 is 11.1 Å². The average Bonchev–Trinajstić information content (AvgIpc) is 3.02. The lowest BCUT2D eigenvalue weighted by Crippen LogP contribution is -2.04. The van der Waals surface area contributed by atoms with Crippen LogP contribution in [0, 0.1) is 0 Å². The standard InChI is InChI=1S/C21H24N4/c22-13-7-1-2-8-14-23-19-15-9-3-5-11-17(15)24-20-16-10-4-6-12-18(16)25-21(19)20/h3-6,9-12,25H,1-2,7-8,13-14,22H2,(H,23,24). The number of nitrogens with zero attached hydrogens (tertiary/aromatic N) is 1. The fraction of sp³-hybridized carbons (Fsp3) is 0.286. The normalized spacial score (nSPS) is 11.6. The number of nitrogens with two attached hydrogens (primary N) is 1. The molecule has 128 valence electrons. The summed E-state index contributed by atoms with van der Waals surface area (Å²) in [5.74, 6) is 0. The van der Waals surface area contributed by atoms with Gasteiger partial charge in [-0.05, 0) is 31.5 Å². The van der Waals surface area contributed by atoms with Gasteiger partial charge in [0.2, 0.25) is 0 Å². The molecule has 4 rings (SSSR count). The van der Waals surface area contributed by atoms with Crippen molar-refractivity contribution in [3.8, 4) is 0 Å². The van der Waals surface area contributed by atoms with Gasteiger partial charge in [0.15, 0.2) is 0 Å². The Morgan fingerprint density at radius 1 is 0.880 bits per heavy atom. The quantitative estimate of drug-likeness (QED) is 0.426. The highest BCUT2D eigenvalue weighted by Crippen LogP contribution is 2.34. The first-order valence-electron chi connectivity index (χ1n) is 9.11. The van der Waals surface area contributed by atoms with Crippen molar-refractivity contribution in [3.63, 3.8) is 0 Å². The van der Waals surface area contributed by atoms with E-state index < -0.39 is 0 Å². The molecule has 0 fully saturated rings. The number of H-pyrrole nitrogens is 1. The summed E-state index contributed by atoms with van der Waals surface area (Å²) >= 11 is 0. The molecule has 2 aromatic carbocycles. The molecule has 0 bridgehead atoms. The van der Waals surface area contributed by atoms with Crippen LogP contribution in [0.25, 0.3) is 32.8 Å². The minimum atomic E-state index is 0.790. The summed E-state index contributed by atoms with van der Waals surface area (Å²) in [4.78, 5) is 8.47. The van der Waals surface area contributed by atoms with E-state index in [-0.39, 0.29) is 0 Å². The van der Waals surface area contributed by atoms with E-state index >= 15 is 0 Å². The first kappa shape index (κ1) is 15.9. The Hall–Kier alpha value is -2.59. The second-order valence-corrected chi connectivity index (χ2v) is 6.53. The Morgan fingerprint density at radius 3 is 2.52 bits per heavy atom. The highest BCUT2D eigenvalue weighted by atomic mass is 14.9. The van der Waals surface area contributed by atoms with Gasteiger partial charge in [-0.2, -0.15) is 0 Å². The highest BCUT2D eigenvalue weighted by Gasteiger charge is 2.13. The predicted octanol–water partition coefficient (Wildman–Crippen LogP) is 4.80. The van der Waals surface area contributed by atoms with Crippen LogP contribution in [-0.2, 0) is 0 Å². The van der Waals surface area contributed by atoms with Crippen LogP contribution in [0.2, 0.25) is 0 Å². The Kier molecular flexibility index (Phi) is 4.53. The summed E-state index contributed by atoms with van der Waals surface area (Å²) in [5, 5.41) is 6.01. The number of fused-ring (bicyclic) bond motifs is 4. The van der Waals surface area contributed by atoms with Gasteiger partial charge in [-0.25, -0.2) is 4.98 Å². The van der Waals surface area contributed by atoms with Crippen molar-refractivity contribution < 1.29 is 0 Å². The Balaban J connectivity index is 1.73. The van der Waals surface area contributed by atoms with Gasteiger partial charge in [0, 0.05) is 22.8 Å². The maximum Gasteiger partial charge on any atom is 0.0986 e. The molecular weight excluding hydrogens is 308 g/mol. The highest BCUT2D eigenvalue weighted by molar-refractivity contribution is 6.15. The average molecular weight is 332 g/mol. The largest absolute Gasteiger partial charge is 0.383 e. The van der Waals surface area contributed by atoms with Crippen LogP contribution >= 0.6 is 0 Å². The van der Waals surface area contributed by atoms with Gasteiger partial charge in [0.25, 0.3) is 0 Å². The number of nitrogens with one attached hydrogen (secondary N) is 2. The van der Waals surface area contributed by atoms with E-state index in [4.69, 9.17) is 10.7 Å². The smallest absolute Gasteiger partial charge is 0.0986 e. The van der Waals surface area contributed by atoms with E-state index in [0.29, 0.717) is 0 Å². The minimum Gasteiger partial charge on any atom is -0.383 e. The van der Waals surface area contributed by atoms with Crippen molar-refractivity contribution in [2.75, 3.05) is 18.4 Å². The number of anilines is 1. The Bertz CT molecular complexity index is 1000. The molecule has 0 amide bonds. The lowest BCUT2D eigenvalue weighted by atomic mass is 10.1. The third kappa shape index (κ3) is 3.05. The minimum absolute atomic E-state index is 0.790. The predicted molar refractivity (Wildman–Crippen MR) is 107 cm³/mol. The molecule has 0 aliphatic heterocycles. The first-order valence-corrected chi connectivity index (χ1v) is 9.11. The second-order valence-electron chi connectivity index (χ2n) is 6.53. The third-order valence-electron chi connectivity index (χ3n) is 4.77. The number of hydrogen-bond donors (Lipinski definition) is 3. The molecule has 4 aromatic rings. The zero-order valence-corrected chi connectivity index (χ0v) is 14.4. The van der Waals surface area contributed by atoms with Crippen molar-refractivity contribution in [1.29, 1.82) is 0 Å². The van der Waals surface area contributed by atoms with Crippen LogP contribution in [0.5, 0.6) is 0 Å². The molecule has 0 radical (unpaired) electrons. The zero-order chi connectivity index (χ0) is 17.1. The van der Waals surface area contributed by atoms with E-state index in [0.717, 1.165) is 53.7 Å². The molecule has 4 N–H and O–H groups in total. The van der Waals surface area contributed by atoms with E-state index in [9.17, 15) is 0 Å². The van der Waals surface area contributed by atoms with Crippen molar-refractivity contribution in [3.05, 3.63) is 48.5 Å². The summed E-state index contributed by atoms with van der Waals surface area (Å²) in [7, 11) is 0. The van der Waals surface area contributed by atoms with E-state index in [1.807, 2.05) is 6.07 Å². The molecule has 0 saturated heterocycles. The molecule has 0 saturated carbocycles. The van der Waals surface area contributed by atoms with Crippen LogP contribution in [0.3, 0.4) is 0 Å². The van der Waals surface area contributed by atoms with E-state index in [1.165, 1.54) is 23.6 Å². The fourth-order valence-electron chi connectivity index (χ4n) is 3.48. The van der Waals surface area contributed by atoms with Gasteiger partial charge in [-0.1, -0.05) is 49.2 Å². The van der Waals surface area contributed by atoms with Crippen molar-refractivity contribution in [2.24, 2.45) is 5.73 Å². The van der Waals surface area contributed by atoms with Gasteiger partial charge >= 0.3 is 0 Å². The van der Waals surface area contributed by atoms with Crippen LogP contribution in [-0.4, -0.2) is 23.1 Å². The Labute approximate surface area is 147 Å². The molecule has 2 aromatic heterocycles. The second kappa shape index (κ2) is 7.11. The summed E-state index contributed by atoms with van der Waals surface area (Å²) in [6.45, 7) is 1.75. The van der Waals surface area contributed by atoms with Gasteiger partial charge in [0.1, 0.15) is 0 Å². The molecule has 4 nitrogen and oxygen atoms in total. The Morgan fingerprint density at radius 2 is 1.64 bits per heavy atom. The monoisotopic (exact) mass is 332 g/mol. The van der Waals surface area contributed by atoms with Crippen molar-refractivity contribution in [1.82, 2.24) is 9.97 Å². The van der Waals surface area contributed by atoms with Crippen molar-refractivity contribution >= 4 is 38.5 Å². The molecule has 0 unspecified atom stereocenters. The van der Waals surface area contributed by atoms with Crippen molar-refractivity contribution in [2.45, 2.75) is 25.7 Å². The number of rotatable bonds is 7.